The SMILES string of the molecule is CCCN(CC(=O)N1CCN(c2ccccc2)CC1)S(=O)(=O)c1cccc(C(F)(F)F)c1. The Kier molecular flexibility index (Phi) is 7.45. The minimum Gasteiger partial charge on any atom is -0.368 e. The van der Waals surface area contributed by atoms with Gasteiger partial charge in [0.05, 0.1) is 17.0 Å². The standard InChI is InChI=1S/C22H26F3N3O3S/c1-2-11-28(32(30,31)20-10-6-7-18(16-20)22(23,24)25)17-21(29)27-14-12-26(13-15-27)19-8-4-3-5-9-19/h3-10,16H,2,11-15,17H2,1H3. The van der Waals surface area contributed by atoms with Crippen molar-refractivity contribution in [3.63, 3.8) is 0 Å². The Morgan fingerprint density at radius 3 is 2.25 bits per heavy atom. The molecular formula is C22H26F3N3O3S. The van der Waals surface area contributed by atoms with Gasteiger partial charge in [0.15, 0.2) is 0 Å². The summed E-state index contributed by atoms with van der Waals surface area (Å²) in [6, 6.07) is 13.4. The molecule has 1 fully saturated rings. The molecule has 1 aliphatic heterocycles. The minimum atomic E-state index is -4.66. The number of benzene rings is 2. The van der Waals surface area contributed by atoms with E-state index < -0.39 is 33.2 Å². The molecule has 3 rings (SSSR count). The summed E-state index contributed by atoms with van der Waals surface area (Å²) in [6.07, 6.45) is -4.23. The van der Waals surface area contributed by atoms with Crippen LogP contribution in [0.4, 0.5) is 18.9 Å². The minimum absolute atomic E-state index is 0.0360. The summed E-state index contributed by atoms with van der Waals surface area (Å²) in [6.45, 7) is 3.49. The molecule has 0 spiro atoms. The van der Waals surface area contributed by atoms with Crippen molar-refractivity contribution in [1.29, 1.82) is 0 Å². The molecule has 1 saturated heterocycles. The van der Waals surface area contributed by atoms with Crippen LogP contribution < -0.4 is 4.90 Å². The summed E-state index contributed by atoms with van der Waals surface area (Å²) < 4.78 is 66.2. The average Bonchev–Trinajstić information content (AvgIpc) is 2.79. The zero-order valence-corrected chi connectivity index (χ0v) is 18.6. The second kappa shape index (κ2) is 9.91. The van der Waals surface area contributed by atoms with Crippen LogP contribution in [0.1, 0.15) is 18.9 Å². The van der Waals surface area contributed by atoms with Crippen molar-refractivity contribution in [3.05, 3.63) is 60.2 Å². The van der Waals surface area contributed by atoms with E-state index in [0.717, 1.165) is 28.2 Å². The van der Waals surface area contributed by atoms with Gasteiger partial charge in [-0.15, -0.1) is 0 Å². The largest absolute Gasteiger partial charge is 0.416 e. The highest BCUT2D eigenvalue weighted by Crippen LogP contribution is 2.31. The van der Waals surface area contributed by atoms with Gasteiger partial charge in [0.2, 0.25) is 15.9 Å². The van der Waals surface area contributed by atoms with E-state index in [4.69, 9.17) is 0 Å². The number of piperazine rings is 1. The van der Waals surface area contributed by atoms with Gasteiger partial charge in [-0.25, -0.2) is 8.42 Å². The van der Waals surface area contributed by atoms with Crippen LogP contribution in [-0.4, -0.2) is 62.8 Å². The predicted octanol–water partition coefficient (Wildman–Crippen LogP) is 3.45. The molecule has 0 aliphatic carbocycles. The number of hydrogen-bond acceptors (Lipinski definition) is 4. The van der Waals surface area contributed by atoms with Crippen LogP contribution in [0, 0.1) is 0 Å². The summed E-state index contributed by atoms with van der Waals surface area (Å²) in [4.78, 5) is 16.1. The van der Waals surface area contributed by atoms with Gasteiger partial charge in [-0.1, -0.05) is 31.2 Å². The van der Waals surface area contributed by atoms with Crippen molar-refractivity contribution in [3.8, 4) is 0 Å². The molecule has 1 heterocycles. The molecule has 0 unspecified atom stereocenters. The molecule has 0 saturated carbocycles. The quantitative estimate of drug-likeness (QED) is 0.623. The summed E-state index contributed by atoms with van der Waals surface area (Å²) in [7, 11) is -4.26. The first-order chi connectivity index (χ1) is 15.1. The van der Waals surface area contributed by atoms with Gasteiger partial charge in [0, 0.05) is 38.4 Å². The van der Waals surface area contributed by atoms with Crippen molar-refractivity contribution < 1.29 is 26.4 Å². The first kappa shape index (κ1) is 24.1. The monoisotopic (exact) mass is 469 g/mol. The lowest BCUT2D eigenvalue weighted by molar-refractivity contribution is -0.137. The summed E-state index contributed by atoms with van der Waals surface area (Å²) >= 11 is 0. The Balaban J connectivity index is 1.70. The number of nitrogens with zero attached hydrogens (tertiary/aromatic N) is 3. The Bertz CT molecular complexity index is 1020. The predicted molar refractivity (Wildman–Crippen MR) is 116 cm³/mol. The second-order valence-electron chi connectivity index (χ2n) is 7.57. The number of carbonyl (C=O) groups excluding carboxylic acids is 1. The number of rotatable bonds is 7. The summed E-state index contributed by atoms with van der Waals surface area (Å²) in [5.41, 5.74) is 0.0118. The Hall–Kier alpha value is -2.59. The molecule has 2 aromatic rings. The zero-order chi connectivity index (χ0) is 23.4. The maximum atomic E-state index is 13.0. The number of sulfonamides is 1. The van der Waals surface area contributed by atoms with E-state index in [9.17, 15) is 26.4 Å². The van der Waals surface area contributed by atoms with Crippen LogP contribution in [0.15, 0.2) is 59.5 Å². The third kappa shape index (κ3) is 5.60. The molecule has 0 radical (unpaired) electrons. The van der Waals surface area contributed by atoms with Crippen molar-refractivity contribution in [1.82, 2.24) is 9.21 Å². The zero-order valence-electron chi connectivity index (χ0n) is 17.8. The van der Waals surface area contributed by atoms with E-state index in [2.05, 4.69) is 4.90 Å². The van der Waals surface area contributed by atoms with Crippen molar-refractivity contribution in [2.75, 3.05) is 44.2 Å². The average molecular weight is 470 g/mol. The molecule has 10 heteroatoms. The van der Waals surface area contributed by atoms with Crippen LogP contribution in [-0.2, 0) is 21.0 Å². The van der Waals surface area contributed by atoms with E-state index in [-0.39, 0.29) is 12.5 Å². The van der Waals surface area contributed by atoms with Gasteiger partial charge in [0.25, 0.3) is 0 Å². The third-order valence-corrected chi connectivity index (χ3v) is 7.18. The Morgan fingerprint density at radius 1 is 1.00 bits per heavy atom. The van der Waals surface area contributed by atoms with E-state index in [1.165, 1.54) is 0 Å². The van der Waals surface area contributed by atoms with Crippen LogP contribution in [0.5, 0.6) is 0 Å². The van der Waals surface area contributed by atoms with Gasteiger partial charge in [-0.2, -0.15) is 17.5 Å². The second-order valence-corrected chi connectivity index (χ2v) is 9.51. The molecular weight excluding hydrogens is 443 g/mol. The molecule has 1 amide bonds. The Morgan fingerprint density at radius 2 is 1.66 bits per heavy atom. The van der Waals surface area contributed by atoms with Crippen LogP contribution in [0.2, 0.25) is 0 Å². The number of para-hydroxylation sites is 1. The fourth-order valence-electron chi connectivity index (χ4n) is 3.62. The summed E-state index contributed by atoms with van der Waals surface area (Å²) in [5, 5.41) is 0. The molecule has 32 heavy (non-hydrogen) atoms. The normalized spacial score (nSPS) is 15.3. The van der Waals surface area contributed by atoms with E-state index in [0.29, 0.717) is 38.7 Å². The first-order valence-corrected chi connectivity index (χ1v) is 11.8. The van der Waals surface area contributed by atoms with Crippen molar-refractivity contribution in [2.24, 2.45) is 0 Å². The Labute approximate surface area is 186 Å². The molecule has 0 atom stereocenters. The van der Waals surface area contributed by atoms with Crippen molar-refractivity contribution >= 4 is 21.6 Å². The van der Waals surface area contributed by atoms with Gasteiger partial charge in [-0.3, -0.25) is 4.79 Å². The van der Waals surface area contributed by atoms with Crippen LogP contribution in [0.3, 0.4) is 0 Å². The highest BCUT2D eigenvalue weighted by atomic mass is 32.2. The first-order valence-electron chi connectivity index (χ1n) is 10.4. The maximum Gasteiger partial charge on any atom is 0.416 e. The topological polar surface area (TPSA) is 60.9 Å². The molecule has 1 aliphatic rings. The molecule has 2 aromatic carbocycles. The number of carbonyl (C=O) groups is 1. The fourth-order valence-corrected chi connectivity index (χ4v) is 5.15. The van der Waals surface area contributed by atoms with E-state index in [1.807, 2.05) is 30.3 Å². The fraction of sp³-hybridized carbons (Fsp3) is 0.409. The molecule has 6 nitrogen and oxygen atoms in total. The highest BCUT2D eigenvalue weighted by Gasteiger charge is 2.34. The lowest BCUT2D eigenvalue weighted by Crippen LogP contribution is -2.52. The van der Waals surface area contributed by atoms with Crippen LogP contribution >= 0.6 is 0 Å². The molecule has 0 aromatic heterocycles. The maximum absolute atomic E-state index is 13.0. The number of amides is 1. The molecule has 0 bridgehead atoms. The van der Waals surface area contributed by atoms with Crippen LogP contribution in [0.25, 0.3) is 0 Å². The summed E-state index contributed by atoms with van der Waals surface area (Å²) in [5.74, 6) is -0.360. The number of hydrogen-bond donors (Lipinski definition) is 0. The lowest BCUT2D eigenvalue weighted by Gasteiger charge is -2.37. The third-order valence-electron chi connectivity index (χ3n) is 5.34. The lowest BCUT2D eigenvalue weighted by atomic mass is 10.2. The van der Waals surface area contributed by atoms with Gasteiger partial charge in [0.1, 0.15) is 0 Å². The van der Waals surface area contributed by atoms with E-state index in [1.54, 1.807) is 11.8 Å². The van der Waals surface area contributed by atoms with Crippen molar-refractivity contribution in [2.45, 2.75) is 24.4 Å². The number of alkyl halides is 3. The number of halogens is 3. The van der Waals surface area contributed by atoms with Gasteiger partial charge in [-0.05, 0) is 36.8 Å². The smallest absolute Gasteiger partial charge is 0.368 e. The molecule has 174 valence electrons. The highest BCUT2D eigenvalue weighted by molar-refractivity contribution is 7.89. The number of anilines is 1. The van der Waals surface area contributed by atoms with E-state index >= 15 is 0 Å². The van der Waals surface area contributed by atoms with Gasteiger partial charge < -0.3 is 9.80 Å². The molecule has 0 N–H and O–H groups in total. The van der Waals surface area contributed by atoms with Gasteiger partial charge >= 0.3 is 6.18 Å².